The summed E-state index contributed by atoms with van der Waals surface area (Å²) in [5.74, 6) is 1.98. The van der Waals surface area contributed by atoms with Gasteiger partial charge in [0.1, 0.15) is 0 Å². The molecule has 47 heavy (non-hydrogen) atoms. The van der Waals surface area contributed by atoms with Gasteiger partial charge in [0.15, 0.2) is 17.5 Å². The van der Waals surface area contributed by atoms with Gasteiger partial charge in [0, 0.05) is 16.7 Å². The van der Waals surface area contributed by atoms with Crippen molar-refractivity contribution in [2.24, 2.45) is 0 Å². The highest BCUT2D eigenvalue weighted by Gasteiger charge is 2.46. The maximum absolute atomic E-state index is 4.99. The fraction of sp³-hybridized carbons (Fsp3) is 0.0227. The van der Waals surface area contributed by atoms with Crippen LogP contribution in [-0.2, 0) is 5.41 Å². The molecule has 1 aliphatic rings. The van der Waals surface area contributed by atoms with E-state index in [2.05, 4.69) is 115 Å². The molecule has 0 saturated heterocycles. The zero-order valence-electron chi connectivity index (χ0n) is 25.6. The van der Waals surface area contributed by atoms with Crippen LogP contribution in [0.25, 0.3) is 56.1 Å². The topological polar surface area (TPSA) is 38.7 Å². The summed E-state index contributed by atoms with van der Waals surface area (Å²) in [6.45, 7) is 0. The highest BCUT2D eigenvalue weighted by molar-refractivity contribution is 5.97. The Hall–Kier alpha value is -6.19. The second kappa shape index (κ2) is 11.0. The summed E-state index contributed by atoms with van der Waals surface area (Å²) in [6, 6.07) is 62.3. The number of benzene rings is 7. The largest absolute Gasteiger partial charge is 0.208 e. The van der Waals surface area contributed by atoms with E-state index in [1.165, 1.54) is 38.8 Å². The maximum atomic E-state index is 4.99. The molecule has 3 heteroatoms. The standard InChI is InChI=1S/C44H29N3/c1-5-15-30(16-6-1)41-45-42(31-17-7-2-8-18-31)47-43(46-41)33-26-25-32-29-40-38(28-34(32)27-33)37-23-13-14-24-39(37)44(40,35-19-9-3-10-20-35)36-21-11-4-12-22-36/h1-29H. The van der Waals surface area contributed by atoms with Crippen LogP contribution in [0, 0.1) is 0 Å². The van der Waals surface area contributed by atoms with Crippen LogP contribution in [0.15, 0.2) is 176 Å². The van der Waals surface area contributed by atoms with Crippen molar-refractivity contribution in [2.75, 3.05) is 0 Å². The van der Waals surface area contributed by atoms with Crippen molar-refractivity contribution in [1.29, 1.82) is 0 Å². The maximum Gasteiger partial charge on any atom is 0.164 e. The predicted molar refractivity (Wildman–Crippen MR) is 191 cm³/mol. The third-order valence-corrected chi connectivity index (χ3v) is 9.37. The number of aromatic nitrogens is 3. The SMILES string of the molecule is c1ccc(-c2nc(-c3ccccc3)nc(-c3ccc4cc5c(cc4c3)-c3ccccc3C5(c3ccccc3)c3ccccc3)n2)cc1. The molecule has 1 aromatic heterocycles. The number of fused-ring (bicyclic) bond motifs is 4. The van der Waals surface area contributed by atoms with Crippen molar-refractivity contribution in [2.45, 2.75) is 5.41 Å². The molecule has 0 amide bonds. The summed E-state index contributed by atoms with van der Waals surface area (Å²) in [6.07, 6.45) is 0. The van der Waals surface area contributed by atoms with E-state index < -0.39 is 5.41 Å². The van der Waals surface area contributed by atoms with Gasteiger partial charge in [-0.05, 0) is 62.4 Å². The molecule has 0 bridgehead atoms. The summed E-state index contributed by atoms with van der Waals surface area (Å²) in [4.78, 5) is 14.9. The lowest BCUT2D eigenvalue weighted by molar-refractivity contribution is 0.769. The van der Waals surface area contributed by atoms with Crippen LogP contribution in [0.3, 0.4) is 0 Å². The fourth-order valence-electron chi connectivity index (χ4n) is 7.26. The molecule has 0 radical (unpaired) electrons. The Morgan fingerprint density at radius 1 is 0.319 bits per heavy atom. The van der Waals surface area contributed by atoms with Crippen molar-refractivity contribution in [3.63, 3.8) is 0 Å². The van der Waals surface area contributed by atoms with Crippen LogP contribution < -0.4 is 0 Å². The molecule has 220 valence electrons. The smallest absolute Gasteiger partial charge is 0.164 e. The molecule has 0 N–H and O–H groups in total. The number of nitrogens with zero attached hydrogens (tertiary/aromatic N) is 3. The molecule has 0 unspecified atom stereocenters. The van der Waals surface area contributed by atoms with Gasteiger partial charge in [-0.2, -0.15) is 0 Å². The second-order valence-electron chi connectivity index (χ2n) is 12.0. The molecular weight excluding hydrogens is 571 g/mol. The van der Waals surface area contributed by atoms with Crippen molar-refractivity contribution >= 4 is 10.8 Å². The van der Waals surface area contributed by atoms with Crippen LogP contribution in [0.2, 0.25) is 0 Å². The van der Waals surface area contributed by atoms with E-state index in [9.17, 15) is 0 Å². The summed E-state index contributed by atoms with van der Waals surface area (Å²) in [5, 5.41) is 2.33. The van der Waals surface area contributed by atoms with Crippen molar-refractivity contribution in [3.05, 3.63) is 198 Å². The van der Waals surface area contributed by atoms with Gasteiger partial charge in [0.05, 0.1) is 5.41 Å². The molecule has 0 saturated carbocycles. The minimum absolute atomic E-state index is 0.426. The molecule has 7 aromatic carbocycles. The zero-order valence-corrected chi connectivity index (χ0v) is 25.6. The average molecular weight is 600 g/mol. The first-order valence-electron chi connectivity index (χ1n) is 16.0. The second-order valence-corrected chi connectivity index (χ2v) is 12.0. The lowest BCUT2D eigenvalue weighted by atomic mass is 9.67. The summed E-state index contributed by atoms with van der Waals surface area (Å²) >= 11 is 0. The highest BCUT2D eigenvalue weighted by atomic mass is 15.0. The Balaban J connectivity index is 1.26. The molecule has 9 rings (SSSR count). The van der Waals surface area contributed by atoms with Crippen LogP contribution in [0.1, 0.15) is 22.3 Å². The Morgan fingerprint density at radius 3 is 1.38 bits per heavy atom. The molecule has 1 heterocycles. The van der Waals surface area contributed by atoms with Crippen LogP contribution in [0.5, 0.6) is 0 Å². The van der Waals surface area contributed by atoms with Gasteiger partial charge in [-0.3, -0.25) is 0 Å². The monoisotopic (exact) mass is 599 g/mol. The van der Waals surface area contributed by atoms with Crippen LogP contribution in [0.4, 0.5) is 0 Å². The zero-order chi connectivity index (χ0) is 31.2. The molecule has 1 aliphatic carbocycles. The predicted octanol–water partition coefficient (Wildman–Crippen LogP) is 10.4. The van der Waals surface area contributed by atoms with E-state index in [4.69, 9.17) is 15.0 Å². The van der Waals surface area contributed by atoms with Crippen LogP contribution in [-0.4, -0.2) is 15.0 Å². The molecule has 0 fully saturated rings. The Labute approximate surface area is 273 Å². The number of rotatable bonds is 5. The van der Waals surface area contributed by atoms with Gasteiger partial charge in [0.2, 0.25) is 0 Å². The summed E-state index contributed by atoms with van der Waals surface area (Å²) in [5.41, 5.74) is 10.1. The first kappa shape index (κ1) is 27.1. The van der Waals surface area contributed by atoms with E-state index in [0.717, 1.165) is 22.1 Å². The first-order chi connectivity index (χ1) is 23.3. The lowest BCUT2D eigenvalue weighted by Crippen LogP contribution is -2.28. The van der Waals surface area contributed by atoms with E-state index in [1.807, 2.05) is 60.7 Å². The summed E-state index contributed by atoms with van der Waals surface area (Å²) < 4.78 is 0. The van der Waals surface area contributed by atoms with Crippen molar-refractivity contribution in [3.8, 4) is 45.3 Å². The van der Waals surface area contributed by atoms with Gasteiger partial charge in [-0.1, -0.05) is 158 Å². The average Bonchev–Trinajstić information content (AvgIpc) is 3.45. The van der Waals surface area contributed by atoms with E-state index in [-0.39, 0.29) is 0 Å². The summed E-state index contributed by atoms with van der Waals surface area (Å²) in [7, 11) is 0. The van der Waals surface area contributed by atoms with Crippen LogP contribution >= 0.6 is 0 Å². The van der Waals surface area contributed by atoms with E-state index >= 15 is 0 Å². The van der Waals surface area contributed by atoms with E-state index in [0.29, 0.717) is 17.5 Å². The van der Waals surface area contributed by atoms with Crippen molar-refractivity contribution in [1.82, 2.24) is 15.0 Å². The molecule has 0 spiro atoms. The van der Waals surface area contributed by atoms with Gasteiger partial charge in [0.25, 0.3) is 0 Å². The molecule has 0 atom stereocenters. The minimum Gasteiger partial charge on any atom is -0.208 e. The Morgan fingerprint density at radius 2 is 0.809 bits per heavy atom. The van der Waals surface area contributed by atoms with Gasteiger partial charge in [-0.25, -0.2) is 15.0 Å². The molecule has 8 aromatic rings. The minimum atomic E-state index is -0.426. The lowest BCUT2D eigenvalue weighted by Gasteiger charge is -2.34. The van der Waals surface area contributed by atoms with Crippen molar-refractivity contribution < 1.29 is 0 Å². The molecule has 0 aliphatic heterocycles. The van der Waals surface area contributed by atoms with Gasteiger partial charge >= 0.3 is 0 Å². The number of hydrogen-bond donors (Lipinski definition) is 0. The first-order valence-corrected chi connectivity index (χ1v) is 16.0. The van der Waals surface area contributed by atoms with E-state index in [1.54, 1.807) is 0 Å². The third-order valence-electron chi connectivity index (χ3n) is 9.37. The Bertz CT molecular complexity index is 2290. The van der Waals surface area contributed by atoms with Gasteiger partial charge in [-0.15, -0.1) is 0 Å². The normalized spacial score (nSPS) is 12.9. The highest BCUT2D eigenvalue weighted by Crippen LogP contribution is 2.56. The quantitative estimate of drug-likeness (QED) is 0.198. The fourth-order valence-corrected chi connectivity index (χ4v) is 7.26. The Kier molecular flexibility index (Phi) is 6.36. The molecular formula is C44H29N3. The number of hydrogen-bond acceptors (Lipinski definition) is 3. The third kappa shape index (κ3) is 4.39. The molecule has 3 nitrogen and oxygen atoms in total. The van der Waals surface area contributed by atoms with Gasteiger partial charge < -0.3 is 0 Å².